The maximum absolute atomic E-state index is 11.8. The molecule has 1 aliphatic heterocycles. The number of aryl methyl sites for hydroxylation is 1. The molecule has 1 amide bonds. The third-order valence-corrected chi connectivity index (χ3v) is 3.58. The predicted octanol–water partition coefficient (Wildman–Crippen LogP) is -0.0325. The lowest BCUT2D eigenvalue weighted by atomic mass is 10.1. The number of carbonyl (C=O) groups is 2. The first-order chi connectivity index (χ1) is 10.0. The van der Waals surface area contributed by atoms with Crippen LogP contribution in [0.2, 0.25) is 0 Å². The molecule has 1 fully saturated rings. The van der Waals surface area contributed by atoms with E-state index in [1.165, 1.54) is 12.0 Å². The molecule has 116 valence electrons. The molecule has 0 aliphatic carbocycles. The molecule has 1 atom stereocenters. The fourth-order valence-corrected chi connectivity index (χ4v) is 2.42. The van der Waals surface area contributed by atoms with E-state index in [9.17, 15) is 9.59 Å². The second-order valence-corrected chi connectivity index (χ2v) is 5.23. The molecule has 1 aromatic rings. The van der Waals surface area contributed by atoms with Crippen molar-refractivity contribution in [2.45, 2.75) is 31.8 Å². The number of methoxy groups -OCH3 is 1. The van der Waals surface area contributed by atoms with Crippen LogP contribution in [0.3, 0.4) is 0 Å². The Hall–Kier alpha value is -1.96. The maximum atomic E-state index is 11.8. The van der Waals surface area contributed by atoms with Gasteiger partial charge >= 0.3 is 5.97 Å². The first-order valence-corrected chi connectivity index (χ1v) is 6.99. The van der Waals surface area contributed by atoms with Crippen LogP contribution < -0.4 is 5.32 Å². The zero-order valence-corrected chi connectivity index (χ0v) is 12.6. The van der Waals surface area contributed by atoms with E-state index in [0.29, 0.717) is 18.7 Å². The summed E-state index contributed by atoms with van der Waals surface area (Å²) in [6, 6.07) is 0.0311. The summed E-state index contributed by atoms with van der Waals surface area (Å²) in [6.07, 6.45) is 2.27. The van der Waals surface area contributed by atoms with Gasteiger partial charge in [-0.05, 0) is 19.4 Å². The SMILES string of the molecule is COC(=O)c1nnn(CCC(=O)N(C)C)c1C1CCCN1. The summed E-state index contributed by atoms with van der Waals surface area (Å²) in [6.45, 7) is 1.29. The number of carbonyl (C=O) groups excluding carboxylic acids is 2. The minimum atomic E-state index is -0.496. The zero-order valence-electron chi connectivity index (χ0n) is 12.6. The fourth-order valence-electron chi connectivity index (χ4n) is 2.42. The normalized spacial score (nSPS) is 17.8. The Morgan fingerprint density at radius 2 is 2.24 bits per heavy atom. The Kier molecular flexibility index (Phi) is 4.89. The van der Waals surface area contributed by atoms with E-state index in [4.69, 9.17) is 4.74 Å². The Morgan fingerprint density at radius 3 is 2.81 bits per heavy atom. The van der Waals surface area contributed by atoms with E-state index in [2.05, 4.69) is 15.6 Å². The first-order valence-electron chi connectivity index (χ1n) is 6.99. The number of nitrogens with zero attached hydrogens (tertiary/aromatic N) is 4. The summed E-state index contributed by atoms with van der Waals surface area (Å²) in [5.74, 6) is -0.487. The van der Waals surface area contributed by atoms with Crippen molar-refractivity contribution in [3.63, 3.8) is 0 Å². The molecule has 2 heterocycles. The van der Waals surface area contributed by atoms with Crippen LogP contribution in [0.5, 0.6) is 0 Å². The summed E-state index contributed by atoms with van der Waals surface area (Å²) >= 11 is 0. The van der Waals surface area contributed by atoms with Crippen LogP contribution in [0.25, 0.3) is 0 Å². The number of amides is 1. The molecule has 0 radical (unpaired) electrons. The highest BCUT2D eigenvalue weighted by molar-refractivity contribution is 5.88. The van der Waals surface area contributed by atoms with Crippen LogP contribution in [-0.4, -0.2) is 59.5 Å². The Labute approximate surface area is 123 Å². The molecule has 2 rings (SSSR count). The van der Waals surface area contributed by atoms with Crippen molar-refractivity contribution in [1.29, 1.82) is 0 Å². The summed E-state index contributed by atoms with van der Waals surface area (Å²) in [5, 5.41) is 11.3. The average Bonchev–Trinajstić information content (AvgIpc) is 3.12. The number of hydrogen-bond acceptors (Lipinski definition) is 6. The van der Waals surface area contributed by atoms with Crippen LogP contribution in [0.4, 0.5) is 0 Å². The van der Waals surface area contributed by atoms with Crippen molar-refractivity contribution in [3.05, 3.63) is 11.4 Å². The largest absolute Gasteiger partial charge is 0.464 e. The fraction of sp³-hybridized carbons (Fsp3) is 0.692. The van der Waals surface area contributed by atoms with Gasteiger partial charge in [-0.3, -0.25) is 4.79 Å². The minimum Gasteiger partial charge on any atom is -0.464 e. The van der Waals surface area contributed by atoms with Crippen molar-refractivity contribution in [2.75, 3.05) is 27.7 Å². The molecule has 0 saturated carbocycles. The lowest BCUT2D eigenvalue weighted by Crippen LogP contribution is -2.25. The second-order valence-electron chi connectivity index (χ2n) is 5.23. The van der Waals surface area contributed by atoms with E-state index < -0.39 is 5.97 Å². The molecule has 1 aromatic heterocycles. The third kappa shape index (κ3) is 3.38. The molecule has 1 saturated heterocycles. The van der Waals surface area contributed by atoms with E-state index in [1.54, 1.807) is 18.8 Å². The summed E-state index contributed by atoms with van der Waals surface area (Å²) in [5.41, 5.74) is 0.945. The number of esters is 1. The highest BCUT2D eigenvalue weighted by Crippen LogP contribution is 2.25. The Balaban J connectivity index is 2.21. The standard InChI is InChI=1S/C13H21N5O3/c1-17(2)10(19)6-8-18-12(9-5-4-7-14-9)11(15-16-18)13(20)21-3/h9,14H,4-8H2,1-3H3. The summed E-state index contributed by atoms with van der Waals surface area (Å²) < 4.78 is 6.39. The molecule has 0 spiro atoms. The molecule has 8 nitrogen and oxygen atoms in total. The van der Waals surface area contributed by atoms with Gasteiger partial charge in [0.05, 0.1) is 25.4 Å². The van der Waals surface area contributed by atoms with Gasteiger partial charge in [-0.2, -0.15) is 0 Å². The van der Waals surface area contributed by atoms with Crippen LogP contribution in [-0.2, 0) is 16.1 Å². The monoisotopic (exact) mass is 295 g/mol. The van der Waals surface area contributed by atoms with Gasteiger partial charge in [0.2, 0.25) is 5.91 Å². The number of aromatic nitrogens is 3. The lowest BCUT2D eigenvalue weighted by molar-refractivity contribution is -0.128. The maximum Gasteiger partial charge on any atom is 0.360 e. The zero-order chi connectivity index (χ0) is 15.4. The molecule has 1 unspecified atom stereocenters. The minimum absolute atomic E-state index is 0.00968. The van der Waals surface area contributed by atoms with E-state index in [1.807, 2.05) is 0 Å². The smallest absolute Gasteiger partial charge is 0.360 e. The number of nitrogens with one attached hydrogen (secondary N) is 1. The van der Waals surface area contributed by atoms with Gasteiger partial charge in [-0.25, -0.2) is 9.48 Å². The average molecular weight is 295 g/mol. The highest BCUT2D eigenvalue weighted by atomic mass is 16.5. The van der Waals surface area contributed by atoms with E-state index in [0.717, 1.165) is 19.4 Å². The van der Waals surface area contributed by atoms with Gasteiger partial charge in [0.15, 0.2) is 5.69 Å². The quantitative estimate of drug-likeness (QED) is 0.767. The van der Waals surface area contributed by atoms with E-state index >= 15 is 0 Å². The molecule has 8 heteroatoms. The van der Waals surface area contributed by atoms with Gasteiger partial charge in [0, 0.05) is 20.5 Å². The second kappa shape index (κ2) is 6.66. The van der Waals surface area contributed by atoms with Crippen LogP contribution in [0.1, 0.15) is 41.5 Å². The van der Waals surface area contributed by atoms with Crippen LogP contribution in [0, 0.1) is 0 Å². The summed E-state index contributed by atoms with van der Waals surface area (Å²) in [4.78, 5) is 25.0. The van der Waals surface area contributed by atoms with Crippen molar-refractivity contribution < 1.29 is 14.3 Å². The molecular weight excluding hydrogens is 274 g/mol. The van der Waals surface area contributed by atoms with Crippen LogP contribution >= 0.6 is 0 Å². The predicted molar refractivity (Wildman–Crippen MR) is 74.7 cm³/mol. The molecule has 1 aliphatic rings. The van der Waals surface area contributed by atoms with Gasteiger partial charge in [-0.1, -0.05) is 5.21 Å². The van der Waals surface area contributed by atoms with Crippen molar-refractivity contribution in [2.24, 2.45) is 0 Å². The Bertz CT molecular complexity index is 520. The molecular formula is C13H21N5O3. The number of ether oxygens (including phenoxy) is 1. The topological polar surface area (TPSA) is 89.3 Å². The van der Waals surface area contributed by atoms with Gasteiger partial charge in [-0.15, -0.1) is 5.10 Å². The van der Waals surface area contributed by atoms with Gasteiger partial charge in [0.25, 0.3) is 0 Å². The molecule has 0 bridgehead atoms. The highest BCUT2D eigenvalue weighted by Gasteiger charge is 2.29. The molecule has 21 heavy (non-hydrogen) atoms. The van der Waals surface area contributed by atoms with Crippen molar-refractivity contribution in [3.8, 4) is 0 Å². The van der Waals surface area contributed by atoms with Gasteiger partial charge < -0.3 is 15.0 Å². The van der Waals surface area contributed by atoms with E-state index in [-0.39, 0.29) is 17.6 Å². The number of rotatable bonds is 5. The number of hydrogen-bond donors (Lipinski definition) is 1. The van der Waals surface area contributed by atoms with Crippen molar-refractivity contribution >= 4 is 11.9 Å². The van der Waals surface area contributed by atoms with Crippen LogP contribution in [0.15, 0.2) is 0 Å². The lowest BCUT2D eigenvalue weighted by Gasteiger charge is -2.15. The summed E-state index contributed by atoms with van der Waals surface area (Å²) in [7, 11) is 4.74. The Morgan fingerprint density at radius 1 is 1.48 bits per heavy atom. The molecule has 1 N–H and O–H groups in total. The first kappa shape index (κ1) is 15.4. The van der Waals surface area contributed by atoms with Gasteiger partial charge in [0.1, 0.15) is 0 Å². The van der Waals surface area contributed by atoms with Crippen molar-refractivity contribution in [1.82, 2.24) is 25.2 Å². The third-order valence-electron chi connectivity index (χ3n) is 3.58. The molecule has 0 aromatic carbocycles.